The number of nitrogens with zero attached hydrogens (tertiary/aromatic N) is 1. The molecule has 0 radical (unpaired) electrons. The molecular weight excluding hydrogens is 230 g/mol. The summed E-state index contributed by atoms with van der Waals surface area (Å²) in [4.78, 5) is 13.9. The van der Waals surface area contributed by atoms with Crippen molar-refractivity contribution in [2.45, 2.75) is 12.8 Å². The molecule has 0 saturated heterocycles. The molecular formula is C14H15NO3. The second-order valence-electron chi connectivity index (χ2n) is 4.60. The molecule has 94 valence electrons. The van der Waals surface area contributed by atoms with Gasteiger partial charge in [0.05, 0.1) is 7.11 Å². The quantitative estimate of drug-likeness (QED) is 0.775. The highest BCUT2D eigenvalue weighted by atomic mass is 16.5. The van der Waals surface area contributed by atoms with E-state index >= 15 is 0 Å². The van der Waals surface area contributed by atoms with Crippen LogP contribution in [0, 0.1) is 0 Å². The van der Waals surface area contributed by atoms with Gasteiger partial charge in [-0.3, -0.25) is 4.79 Å². The van der Waals surface area contributed by atoms with E-state index in [2.05, 4.69) is 0 Å². The second-order valence-corrected chi connectivity index (χ2v) is 4.60. The van der Waals surface area contributed by atoms with E-state index in [-0.39, 0.29) is 5.91 Å². The molecule has 0 saturated carbocycles. The van der Waals surface area contributed by atoms with E-state index in [4.69, 9.17) is 9.15 Å². The van der Waals surface area contributed by atoms with Gasteiger partial charge in [-0.25, -0.2) is 0 Å². The standard InChI is InChI=1S/C14H15NO3/c1-15-7-3-4-10-11-8-9(17-2)5-6-12(11)18-13(10)14(15)16/h5-6,8H,3-4,7H2,1-2H3. The number of rotatable bonds is 1. The third-order valence-corrected chi connectivity index (χ3v) is 3.46. The second kappa shape index (κ2) is 4.05. The van der Waals surface area contributed by atoms with Crippen molar-refractivity contribution in [2.75, 3.05) is 20.7 Å². The molecule has 2 heterocycles. The van der Waals surface area contributed by atoms with Gasteiger partial charge >= 0.3 is 0 Å². The molecule has 0 spiro atoms. The monoisotopic (exact) mass is 245 g/mol. The van der Waals surface area contributed by atoms with E-state index in [1.807, 2.05) is 25.2 Å². The Hall–Kier alpha value is -1.97. The zero-order valence-electron chi connectivity index (χ0n) is 10.5. The molecule has 3 rings (SSSR count). The summed E-state index contributed by atoms with van der Waals surface area (Å²) in [5.41, 5.74) is 1.77. The molecule has 1 aromatic heterocycles. The summed E-state index contributed by atoms with van der Waals surface area (Å²) in [6, 6.07) is 5.64. The first-order valence-corrected chi connectivity index (χ1v) is 6.05. The van der Waals surface area contributed by atoms with Crippen molar-refractivity contribution in [1.29, 1.82) is 0 Å². The van der Waals surface area contributed by atoms with Crippen LogP contribution in [0.15, 0.2) is 22.6 Å². The number of aryl methyl sites for hydroxylation is 1. The largest absolute Gasteiger partial charge is 0.497 e. The average Bonchev–Trinajstić information content (AvgIpc) is 2.69. The van der Waals surface area contributed by atoms with Crippen LogP contribution in [0.5, 0.6) is 5.75 Å². The number of ether oxygens (including phenoxy) is 1. The number of hydrogen-bond acceptors (Lipinski definition) is 3. The van der Waals surface area contributed by atoms with Crippen molar-refractivity contribution in [3.63, 3.8) is 0 Å². The maximum Gasteiger partial charge on any atom is 0.289 e. The first kappa shape index (κ1) is 11.1. The molecule has 0 unspecified atom stereocenters. The third-order valence-electron chi connectivity index (χ3n) is 3.46. The summed E-state index contributed by atoms with van der Waals surface area (Å²) < 4.78 is 10.9. The number of amides is 1. The van der Waals surface area contributed by atoms with Gasteiger partial charge in [0.2, 0.25) is 0 Å². The molecule has 0 N–H and O–H groups in total. The molecule has 1 aliphatic heterocycles. The van der Waals surface area contributed by atoms with Crippen LogP contribution in [0.4, 0.5) is 0 Å². The van der Waals surface area contributed by atoms with Gasteiger partial charge < -0.3 is 14.1 Å². The molecule has 18 heavy (non-hydrogen) atoms. The van der Waals surface area contributed by atoms with Gasteiger partial charge in [0.15, 0.2) is 5.76 Å². The van der Waals surface area contributed by atoms with Crippen LogP contribution in [0.25, 0.3) is 11.0 Å². The van der Waals surface area contributed by atoms with Crippen LogP contribution < -0.4 is 4.74 Å². The number of benzene rings is 1. The number of fused-ring (bicyclic) bond motifs is 3. The Morgan fingerprint density at radius 2 is 2.22 bits per heavy atom. The highest BCUT2D eigenvalue weighted by molar-refractivity contribution is 5.99. The van der Waals surface area contributed by atoms with E-state index in [1.165, 1.54) is 0 Å². The lowest BCUT2D eigenvalue weighted by atomic mass is 10.1. The summed E-state index contributed by atoms with van der Waals surface area (Å²) in [7, 11) is 3.45. The summed E-state index contributed by atoms with van der Waals surface area (Å²) in [5, 5.41) is 0.994. The number of furan rings is 1. The van der Waals surface area contributed by atoms with E-state index in [0.717, 1.165) is 41.7 Å². The fourth-order valence-corrected chi connectivity index (χ4v) is 2.44. The van der Waals surface area contributed by atoms with Crippen molar-refractivity contribution >= 4 is 16.9 Å². The summed E-state index contributed by atoms with van der Waals surface area (Å²) in [5.74, 6) is 1.24. The van der Waals surface area contributed by atoms with Crippen molar-refractivity contribution in [1.82, 2.24) is 4.90 Å². The predicted molar refractivity (Wildman–Crippen MR) is 68.0 cm³/mol. The molecule has 0 fully saturated rings. The molecule has 1 amide bonds. The smallest absolute Gasteiger partial charge is 0.289 e. The van der Waals surface area contributed by atoms with Crippen LogP contribution in [-0.2, 0) is 6.42 Å². The molecule has 4 nitrogen and oxygen atoms in total. The lowest BCUT2D eigenvalue weighted by Crippen LogP contribution is -2.25. The topological polar surface area (TPSA) is 42.7 Å². The zero-order valence-corrected chi connectivity index (χ0v) is 10.5. The Bertz CT molecular complexity index is 615. The van der Waals surface area contributed by atoms with Gasteiger partial charge in [0, 0.05) is 24.5 Å². The van der Waals surface area contributed by atoms with Gasteiger partial charge in [-0.1, -0.05) is 0 Å². The maximum atomic E-state index is 12.2. The Balaban J connectivity index is 2.23. The SMILES string of the molecule is COc1ccc2oc3c(c2c1)CCCN(C)C3=O. The Morgan fingerprint density at radius 3 is 3.00 bits per heavy atom. The van der Waals surface area contributed by atoms with Crippen LogP contribution in [0.2, 0.25) is 0 Å². The first-order valence-electron chi connectivity index (χ1n) is 6.05. The van der Waals surface area contributed by atoms with Crippen molar-refractivity contribution < 1.29 is 13.9 Å². The summed E-state index contributed by atoms with van der Waals surface area (Å²) in [6.45, 7) is 0.772. The van der Waals surface area contributed by atoms with E-state index in [0.29, 0.717) is 5.76 Å². The van der Waals surface area contributed by atoms with Crippen molar-refractivity contribution in [3.8, 4) is 5.75 Å². The minimum atomic E-state index is -0.0299. The zero-order chi connectivity index (χ0) is 12.7. The van der Waals surface area contributed by atoms with E-state index in [9.17, 15) is 4.79 Å². The maximum absolute atomic E-state index is 12.2. The molecule has 0 atom stereocenters. The fourth-order valence-electron chi connectivity index (χ4n) is 2.44. The van der Waals surface area contributed by atoms with Gasteiger partial charge in [-0.05, 0) is 31.0 Å². The van der Waals surface area contributed by atoms with Crippen LogP contribution >= 0.6 is 0 Å². The Morgan fingerprint density at radius 1 is 1.39 bits per heavy atom. The summed E-state index contributed by atoms with van der Waals surface area (Å²) >= 11 is 0. The van der Waals surface area contributed by atoms with Gasteiger partial charge in [0.25, 0.3) is 5.91 Å². The molecule has 0 bridgehead atoms. The molecule has 4 heteroatoms. The van der Waals surface area contributed by atoms with Crippen LogP contribution in [0.1, 0.15) is 22.5 Å². The lowest BCUT2D eigenvalue weighted by Gasteiger charge is -2.11. The van der Waals surface area contributed by atoms with E-state index in [1.54, 1.807) is 12.0 Å². The number of methoxy groups -OCH3 is 1. The minimum absolute atomic E-state index is 0.0299. The van der Waals surface area contributed by atoms with Crippen LogP contribution in [0.3, 0.4) is 0 Å². The Kier molecular flexibility index (Phi) is 2.51. The molecule has 1 aromatic carbocycles. The number of hydrogen-bond donors (Lipinski definition) is 0. The minimum Gasteiger partial charge on any atom is -0.497 e. The van der Waals surface area contributed by atoms with E-state index < -0.39 is 0 Å². The lowest BCUT2D eigenvalue weighted by molar-refractivity contribution is 0.0772. The predicted octanol–water partition coefficient (Wildman–Crippen LogP) is 2.46. The highest BCUT2D eigenvalue weighted by Crippen LogP contribution is 2.32. The number of carbonyl (C=O) groups is 1. The van der Waals surface area contributed by atoms with Crippen LogP contribution in [-0.4, -0.2) is 31.5 Å². The van der Waals surface area contributed by atoms with Gasteiger partial charge in [-0.2, -0.15) is 0 Å². The fraction of sp³-hybridized carbons (Fsp3) is 0.357. The normalized spacial score (nSPS) is 15.7. The summed E-state index contributed by atoms with van der Waals surface area (Å²) in [6.07, 6.45) is 1.83. The third kappa shape index (κ3) is 1.56. The molecule has 0 aliphatic carbocycles. The average molecular weight is 245 g/mol. The van der Waals surface area contributed by atoms with Gasteiger partial charge in [0.1, 0.15) is 11.3 Å². The first-order chi connectivity index (χ1) is 8.70. The Labute approximate surface area is 105 Å². The molecule has 2 aromatic rings. The highest BCUT2D eigenvalue weighted by Gasteiger charge is 2.26. The molecule has 1 aliphatic rings. The van der Waals surface area contributed by atoms with Crippen molar-refractivity contribution in [2.24, 2.45) is 0 Å². The van der Waals surface area contributed by atoms with Gasteiger partial charge in [-0.15, -0.1) is 0 Å². The van der Waals surface area contributed by atoms with Crippen molar-refractivity contribution in [3.05, 3.63) is 29.5 Å². The number of carbonyl (C=O) groups excluding carboxylic acids is 1.